The second kappa shape index (κ2) is 34.2. The Kier molecular flexibility index (Phi) is 32.9. The second-order valence-electron chi connectivity index (χ2n) is 12.9. The summed E-state index contributed by atoms with van der Waals surface area (Å²) >= 11 is 10.4. The zero-order valence-electron chi connectivity index (χ0n) is 30.9. The van der Waals surface area contributed by atoms with Crippen molar-refractivity contribution in [2.45, 2.75) is 135 Å². The van der Waals surface area contributed by atoms with E-state index in [1.165, 1.54) is 77.0 Å². The summed E-state index contributed by atoms with van der Waals surface area (Å²) in [5, 5.41) is 51.9. The van der Waals surface area contributed by atoms with Gasteiger partial charge in [-0.3, -0.25) is 9.59 Å². The number of amides is 2. The largest absolute Gasteiger partial charge is 0.394 e. The summed E-state index contributed by atoms with van der Waals surface area (Å²) in [6, 6.07) is -0.521. The molecule has 2 unspecified atom stereocenters. The Balaban J connectivity index is 4.93. The third-order valence-corrected chi connectivity index (χ3v) is 8.75. The minimum Gasteiger partial charge on any atom is -0.394 e. The molecule has 0 rings (SSSR count). The molecule has 0 aromatic heterocycles. The molecule has 0 aliphatic heterocycles. The van der Waals surface area contributed by atoms with Crippen molar-refractivity contribution in [1.82, 2.24) is 31.5 Å². The summed E-state index contributed by atoms with van der Waals surface area (Å²) in [5.74, 6) is -0.528. The van der Waals surface area contributed by atoms with E-state index < -0.39 is 37.4 Å². The van der Waals surface area contributed by atoms with Gasteiger partial charge in [0, 0.05) is 39.3 Å². The summed E-state index contributed by atoms with van der Waals surface area (Å²) in [5.41, 5.74) is 0. The van der Waals surface area contributed by atoms with Crippen molar-refractivity contribution in [3.8, 4) is 0 Å². The monoisotopic (exact) mass is 750 g/mol. The van der Waals surface area contributed by atoms with Gasteiger partial charge in [0.25, 0.3) is 0 Å². The van der Waals surface area contributed by atoms with Crippen LogP contribution in [-0.2, 0) is 14.3 Å². The fourth-order valence-corrected chi connectivity index (χ4v) is 5.44. The molecule has 294 valence electrons. The molecule has 13 nitrogen and oxygen atoms in total. The van der Waals surface area contributed by atoms with E-state index in [9.17, 15) is 19.8 Å². The summed E-state index contributed by atoms with van der Waals surface area (Å²) in [6.07, 6.45) is 17.2. The topological polar surface area (TPSA) is 188 Å². The van der Waals surface area contributed by atoms with Gasteiger partial charge in [0.1, 0.15) is 13.2 Å². The van der Waals surface area contributed by atoms with E-state index in [0.29, 0.717) is 13.1 Å². The first-order valence-corrected chi connectivity index (χ1v) is 19.7. The quantitative estimate of drug-likeness (QED) is 0.0352. The number of carbonyl (C=O) groups is 2. The molecule has 0 saturated heterocycles. The van der Waals surface area contributed by atoms with Crippen LogP contribution in [0.1, 0.15) is 117 Å². The number of nitrogens with zero attached hydrogens (tertiary/aromatic N) is 1. The predicted octanol–water partition coefficient (Wildman–Crippen LogP) is 2.23. The number of hydrogen-bond donors (Lipinski definition) is 9. The van der Waals surface area contributed by atoms with Crippen molar-refractivity contribution < 1.29 is 34.8 Å². The lowest BCUT2D eigenvalue weighted by atomic mass is 10.1. The van der Waals surface area contributed by atoms with Crippen LogP contribution in [0.3, 0.4) is 0 Å². The molecule has 0 aromatic rings. The fraction of sp³-hybridized carbons (Fsp3) is 0.886. The van der Waals surface area contributed by atoms with Crippen LogP contribution < -0.4 is 26.6 Å². The molecule has 2 atom stereocenters. The number of hydrogen-bond acceptors (Lipinski definition) is 9. The number of thiocarbonyl (C=S) groups is 2. The normalized spacial score (nSPS) is 12.8. The summed E-state index contributed by atoms with van der Waals surface area (Å²) in [6.45, 7) is 5.02. The summed E-state index contributed by atoms with van der Waals surface area (Å²) in [4.78, 5) is 27.9. The smallest absolute Gasteiger partial charge is 0.248 e. The zero-order chi connectivity index (χ0) is 37.2. The Morgan fingerprint density at radius 2 is 0.980 bits per heavy atom. The number of nitrogens with one attached hydrogen (secondary N) is 5. The number of aliphatic hydroxyl groups is 4. The van der Waals surface area contributed by atoms with E-state index in [-0.39, 0.29) is 55.5 Å². The van der Waals surface area contributed by atoms with Crippen molar-refractivity contribution in [2.24, 2.45) is 0 Å². The van der Waals surface area contributed by atoms with Gasteiger partial charge in [-0.2, -0.15) is 0 Å². The van der Waals surface area contributed by atoms with E-state index in [1.54, 1.807) is 0 Å². The first kappa shape index (κ1) is 48.1. The number of ether oxygens (including phenoxy) is 1. The minimum absolute atomic E-state index is 0.0514. The van der Waals surface area contributed by atoms with Crippen LogP contribution in [0.2, 0.25) is 0 Å². The lowest BCUT2D eigenvalue weighted by Crippen LogP contribution is -2.53. The Morgan fingerprint density at radius 1 is 0.600 bits per heavy atom. The van der Waals surface area contributed by atoms with Crippen LogP contribution in [0.4, 0.5) is 0 Å². The molecular weight excluding hydrogens is 681 g/mol. The molecule has 0 saturated carbocycles. The molecule has 15 heteroatoms. The maximum atomic E-state index is 13.2. The molecule has 50 heavy (non-hydrogen) atoms. The van der Waals surface area contributed by atoms with Crippen molar-refractivity contribution >= 4 is 46.5 Å². The Bertz CT molecular complexity index is 827. The Morgan fingerprint density at radius 3 is 1.38 bits per heavy atom. The van der Waals surface area contributed by atoms with Crippen LogP contribution in [0.15, 0.2) is 0 Å². The number of rotatable bonds is 33. The van der Waals surface area contributed by atoms with Crippen LogP contribution in [0, 0.1) is 0 Å². The van der Waals surface area contributed by atoms with E-state index in [1.807, 2.05) is 4.90 Å². The maximum Gasteiger partial charge on any atom is 0.248 e. The molecule has 0 radical (unpaired) electrons. The third-order valence-electron chi connectivity index (χ3n) is 8.18. The predicted molar refractivity (Wildman–Crippen MR) is 208 cm³/mol. The molecular formula is C35H70N6O7S2. The van der Waals surface area contributed by atoms with Gasteiger partial charge in [-0.1, -0.05) is 104 Å². The highest BCUT2D eigenvalue weighted by Gasteiger charge is 2.17. The molecule has 0 heterocycles. The van der Waals surface area contributed by atoms with E-state index >= 15 is 0 Å². The van der Waals surface area contributed by atoms with Gasteiger partial charge in [-0.25, -0.2) is 0 Å². The van der Waals surface area contributed by atoms with Gasteiger partial charge in [0.05, 0.1) is 31.5 Å². The Labute approximate surface area is 312 Å². The van der Waals surface area contributed by atoms with Crippen LogP contribution in [0.5, 0.6) is 0 Å². The first-order chi connectivity index (χ1) is 24.2. The van der Waals surface area contributed by atoms with E-state index in [2.05, 4.69) is 40.4 Å². The van der Waals surface area contributed by atoms with Crippen LogP contribution >= 0.6 is 24.4 Å². The van der Waals surface area contributed by atoms with Gasteiger partial charge in [-0.15, -0.1) is 0 Å². The lowest BCUT2D eigenvalue weighted by Gasteiger charge is -2.24. The van der Waals surface area contributed by atoms with Gasteiger partial charge in [0.2, 0.25) is 11.8 Å². The molecule has 0 fully saturated rings. The van der Waals surface area contributed by atoms with Gasteiger partial charge < -0.3 is 56.6 Å². The van der Waals surface area contributed by atoms with Crippen LogP contribution in [-0.4, -0.2) is 131 Å². The highest BCUT2D eigenvalue weighted by atomic mass is 32.1. The SMILES string of the molecule is CCCCCCCCCCN(CCCCCCCCCC)C(=O)COCC(=O)NC(CNC(=S)NCC(O)CO)CNC(=S)NCC(O)CO. The third kappa shape index (κ3) is 29.8. The summed E-state index contributed by atoms with van der Waals surface area (Å²) in [7, 11) is 0. The molecule has 0 aliphatic carbocycles. The molecule has 9 N–H and O–H groups in total. The zero-order valence-corrected chi connectivity index (χ0v) is 32.5. The van der Waals surface area contributed by atoms with Crippen molar-refractivity contribution in [1.29, 1.82) is 0 Å². The number of unbranched alkanes of at least 4 members (excludes halogenated alkanes) is 14. The maximum absolute atomic E-state index is 13.2. The average Bonchev–Trinajstić information content (AvgIpc) is 3.11. The fourth-order valence-electron chi connectivity index (χ4n) is 5.11. The van der Waals surface area contributed by atoms with Crippen molar-refractivity contribution in [3.63, 3.8) is 0 Å². The van der Waals surface area contributed by atoms with Crippen molar-refractivity contribution in [2.75, 3.05) is 65.7 Å². The molecule has 0 aliphatic rings. The van der Waals surface area contributed by atoms with E-state index in [0.717, 1.165) is 25.7 Å². The van der Waals surface area contributed by atoms with Gasteiger partial charge in [-0.05, 0) is 37.3 Å². The molecule has 0 spiro atoms. The molecule has 2 amide bonds. The lowest BCUT2D eigenvalue weighted by molar-refractivity contribution is -0.138. The number of aliphatic hydroxyl groups excluding tert-OH is 4. The van der Waals surface area contributed by atoms with Gasteiger partial charge >= 0.3 is 0 Å². The highest BCUT2D eigenvalue weighted by Crippen LogP contribution is 2.11. The number of carbonyl (C=O) groups excluding carboxylic acids is 2. The molecule has 0 bridgehead atoms. The minimum atomic E-state index is -0.971. The van der Waals surface area contributed by atoms with Crippen LogP contribution in [0.25, 0.3) is 0 Å². The average molecular weight is 751 g/mol. The standard InChI is InChI=1S/C35H70N6O7S2/c1-3-5-7-9-11-13-15-17-19-41(20-18-16-14-12-10-8-6-4-2)33(47)28-48-27-32(46)40-29(21-36-34(49)38-23-30(44)25-42)22-37-35(50)39-24-31(45)26-43/h29-31,42-45H,3-28H2,1-2H3,(H,40,46)(H2,36,38,49)(H2,37,39,50). The first-order valence-electron chi connectivity index (χ1n) is 18.9. The van der Waals surface area contributed by atoms with Crippen molar-refractivity contribution in [3.05, 3.63) is 0 Å². The summed E-state index contributed by atoms with van der Waals surface area (Å²) < 4.78 is 5.59. The highest BCUT2D eigenvalue weighted by molar-refractivity contribution is 7.80. The second-order valence-corrected chi connectivity index (χ2v) is 13.8. The Hall–Kier alpha value is -1.88. The van der Waals surface area contributed by atoms with E-state index in [4.69, 9.17) is 39.4 Å². The molecule has 0 aromatic carbocycles. The van der Waals surface area contributed by atoms with Gasteiger partial charge in [0.15, 0.2) is 10.2 Å².